The Bertz CT molecular complexity index is 243. The van der Waals surface area contributed by atoms with Crippen LogP contribution in [0.1, 0.15) is 33.6 Å². The van der Waals surface area contributed by atoms with Gasteiger partial charge in [0, 0.05) is 6.42 Å². The van der Waals surface area contributed by atoms with E-state index >= 15 is 0 Å². The lowest BCUT2D eigenvalue weighted by molar-refractivity contribution is -0.151. The van der Waals surface area contributed by atoms with Crippen LogP contribution in [0.2, 0.25) is 18.1 Å². The van der Waals surface area contributed by atoms with Gasteiger partial charge in [0.25, 0.3) is 0 Å². The molecule has 15 heavy (non-hydrogen) atoms. The maximum Gasteiger partial charge on any atom is 0.308 e. The molecule has 1 aliphatic heterocycles. The predicted octanol–water partition coefficient (Wildman–Crippen LogP) is 2.71. The molecule has 0 aromatic heterocycles. The second-order valence-corrected chi connectivity index (χ2v) is 10.5. The van der Waals surface area contributed by atoms with Crippen molar-refractivity contribution < 1.29 is 14.0 Å². The van der Waals surface area contributed by atoms with Gasteiger partial charge in [-0.05, 0) is 18.1 Å². The van der Waals surface area contributed by atoms with Gasteiger partial charge in [0.05, 0.1) is 19.1 Å². The quantitative estimate of drug-likeness (QED) is 0.540. The number of esters is 1. The van der Waals surface area contributed by atoms with Gasteiger partial charge in [-0.15, -0.1) is 0 Å². The molecule has 0 unspecified atom stereocenters. The highest BCUT2D eigenvalue weighted by Gasteiger charge is 2.40. The van der Waals surface area contributed by atoms with Crippen molar-refractivity contribution in [2.24, 2.45) is 0 Å². The molecule has 0 bridgehead atoms. The molecule has 1 aliphatic rings. The Morgan fingerprint density at radius 3 is 2.47 bits per heavy atom. The van der Waals surface area contributed by atoms with E-state index in [9.17, 15) is 4.79 Å². The Kier molecular flexibility index (Phi) is 3.61. The number of carbonyl (C=O) groups excluding carboxylic acids is 1. The number of rotatable bonds is 2. The van der Waals surface area contributed by atoms with E-state index in [0.29, 0.717) is 13.0 Å². The van der Waals surface area contributed by atoms with E-state index in [1.54, 1.807) is 0 Å². The largest absolute Gasteiger partial charge is 0.466 e. The molecular weight excluding hydrogens is 208 g/mol. The summed E-state index contributed by atoms with van der Waals surface area (Å²) in [6.45, 7) is 11.6. The van der Waals surface area contributed by atoms with Gasteiger partial charge >= 0.3 is 5.97 Å². The van der Waals surface area contributed by atoms with Gasteiger partial charge in [0.15, 0.2) is 8.32 Å². The number of cyclic esters (lactones) is 1. The van der Waals surface area contributed by atoms with Gasteiger partial charge in [-0.25, -0.2) is 0 Å². The van der Waals surface area contributed by atoms with Crippen molar-refractivity contribution >= 4 is 14.3 Å². The first-order chi connectivity index (χ1) is 6.72. The first-order valence-corrected chi connectivity index (χ1v) is 8.47. The molecule has 0 spiro atoms. The highest BCUT2D eigenvalue weighted by atomic mass is 28.4. The molecule has 0 N–H and O–H groups in total. The second kappa shape index (κ2) is 4.26. The van der Waals surface area contributed by atoms with Gasteiger partial charge in [-0.2, -0.15) is 0 Å². The minimum atomic E-state index is -1.73. The van der Waals surface area contributed by atoms with Crippen LogP contribution in [0.4, 0.5) is 0 Å². The normalized spacial score (nSPS) is 23.8. The van der Waals surface area contributed by atoms with Gasteiger partial charge < -0.3 is 9.16 Å². The summed E-state index contributed by atoms with van der Waals surface area (Å²) in [4.78, 5) is 11.1. The third-order valence-electron chi connectivity index (χ3n) is 3.36. The summed E-state index contributed by atoms with van der Waals surface area (Å²) >= 11 is 0. The fourth-order valence-electron chi connectivity index (χ4n) is 1.35. The van der Waals surface area contributed by atoms with Crippen LogP contribution in [0, 0.1) is 0 Å². The van der Waals surface area contributed by atoms with Crippen molar-refractivity contribution in [3.63, 3.8) is 0 Å². The van der Waals surface area contributed by atoms with Crippen molar-refractivity contribution in [1.82, 2.24) is 0 Å². The predicted molar refractivity (Wildman–Crippen MR) is 62.3 cm³/mol. The molecular formula is C11H22O3Si. The van der Waals surface area contributed by atoms with Gasteiger partial charge in [-0.1, -0.05) is 20.8 Å². The third kappa shape index (κ3) is 3.31. The van der Waals surface area contributed by atoms with Crippen molar-refractivity contribution in [3.8, 4) is 0 Å². The average molecular weight is 230 g/mol. The van der Waals surface area contributed by atoms with E-state index in [1.165, 1.54) is 0 Å². The highest BCUT2D eigenvalue weighted by molar-refractivity contribution is 6.74. The lowest BCUT2D eigenvalue weighted by Crippen LogP contribution is -2.45. The molecule has 0 aliphatic carbocycles. The number of hydrogen-bond acceptors (Lipinski definition) is 3. The Morgan fingerprint density at radius 2 is 2.00 bits per heavy atom. The van der Waals surface area contributed by atoms with Crippen LogP contribution >= 0.6 is 0 Å². The maximum atomic E-state index is 11.1. The van der Waals surface area contributed by atoms with E-state index in [-0.39, 0.29) is 17.1 Å². The van der Waals surface area contributed by atoms with Crippen LogP contribution in [0.15, 0.2) is 0 Å². The van der Waals surface area contributed by atoms with Crippen LogP contribution in [0.3, 0.4) is 0 Å². The zero-order chi connectivity index (χ0) is 11.7. The van der Waals surface area contributed by atoms with Crippen molar-refractivity contribution in [3.05, 3.63) is 0 Å². The summed E-state index contributed by atoms with van der Waals surface area (Å²) < 4.78 is 11.1. The Hall–Kier alpha value is -0.353. The highest BCUT2D eigenvalue weighted by Crippen LogP contribution is 2.38. The van der Waals surface area contributed by atoms with Crippen LogP contribution in [-0.2, 0) is 14.0 Å². The standard InChI is InChI=1S/C11H22O3Si/c1-11(2,3)15(4,5)14-9-6-7-13-10(12)8-9/h9H,6-8H2,1-5H3/t9-/m0/s1. The molecule has 0 saturated carbocycles. The first kappa shape index (κ1) is 12.7. The number of hydrogen-bond donors (Lipinski definition) is 0. The van der Waals surface area contributed by atoms with E-state index in [1.807, 2.05) is 0 Å². The van der Waals surface area contributed by atoms with Crippen LogP contribution in [0.5, 0.6) is 0 Å². The molecule has 1 rings (SSSR count). The third-order valence-corrected chi connectivity index (χ3v) is 7.90. The minimum absolute atomic E-state index is 0.0761. The van der Waals surface area contributed by atoms with E-state index in [2.05, 4.69) is 33.9 Å². The van der Waals surface area contributed by atoms with Crippen LogP contribution in [-0.4, -0.2) is 27.0 Å². The Labute approximate surface area is 93.3 Å². The van der Waals surface area contributed by atoms with E-state index < -0.39 is 8.32 Å². The van der Waals surface area contributed by atoms with E-state index in [0.717, 1.165) is 6.42 Å². The van der Waals surface area contributed by atoms with Crippen LogP contribution < -0.4 is 0 Å². The second-order valence-electron chi connectivity index (χ2n) is 5.71. The van der Waals surface area contributed by atoms with Gasteiger partial charge in [0.2, 0.25) is 0 Å². The fourth-order valence-corrected chi connectivity index (χ4v) is 2.73. The maximum absolute atomic E-state index is 11.1. The molecule has 88 valence electrons. The topological polar surface area (TPSA) is 35.5 Å². The summed E-state index contributed by atoms with van der Waals surface area (Å²) in [6.07, 6.45) is 1.34. The average Bonchev–Trinajstić information content (AvgIpc) is 2.00. The first-order valence-electron chi connectivity index (χ1n) is 5.56. The number of carbonyl (C=O) groups is 1. The molecule has 0 amide bonds. The molecule has 1 saturated heterocycles. The monoisotopic (exact) mass is 230 g/mol. The summed E-state index contributed by atoms with van der Waals surface area (Å²) in [6, 6.07) is 0. The molecule has 0 aromatic carbocycles. The summed E-state index contributed by atoms with van der Waals surface area (Å²) in [5, 5.41) is 0.203. The van der Waals surface area contributed by atoms with E-state index in [4.69, 9.17) is 9.16 Å². The summed E-state index contributed by atoms with van der Waals surface area (Å²) in [5.41, 5.74) is 0. The molecule has 0 radical (unpaired) electrons. The summed E-state index contributed by atoms with van der Waals surface area (Å²) in [7, 11) is -1.73. The minimum Gasteiger partial charge on any atom is -0.466 e. The van der Waals surface area contributed by atoms with Crippen molar-refractivity contribution in [1.29, 1.82) is 0 Å². The fraction of sp³-hybridized carbons (Fsp3) is 0.909. The SMILES string of the molecule is CC(C)(C)[Si](C)(C)O[C@H]1CCOC(=O)C1. The molecule has 3 nitrogen and oxygen atoms in total. The smallest absolute Gasteiger partial charge is 0.308 e. The summed E-state index contributed by atoms with van der Waals surface area (Å²) in [5.74, 6) is -0.120. The van der Waals surface area contributed by atoms with Gasteiger partial charge in [0.1, 0.15) is 0 Å². The van der Waals surface area contributed by atoms with Gasteiger partial charge in [-0.3, -0.25) is 4.79 Å². The molecule has 1 heterocycles. The van der Waals surface area contributed by atoms with Crippen LogP contribution in [0.25, 0.3) is 0 Å². The molecule has 1 atom stereocenters. The zero-order valence-electron chi connectivity index (χ0n) is 10.4. The lowest BCUT2D eigenvalue weighted by atomic mass is 10.2. The lowest BCUT2D eigenvalue weighted by Gasteiger charge is -2.39. The Morgan fingerprint density at radius 1 is 1.40 bits per heavy atom. The Balaban J connectivity index is 2.57. The molecule has 0 aromatic rings. The van der Waals surface area contributed by atoms with Crippen molar-refractivity contribution in [2.75, 3.05) is 6.61 Å². The van der Waals surface area contributed by atoms with Crippen molar-refractivity contribution in [2.45, 2.75) is 57.8 Å². The molecule has 4 heteroatoms. The number of ether oxygens (including phenoxy) is 1. The molecule has 1 fully saturated rings. The zero-order valence-corrected chi connectivity index (χ0v) is 11.4.